The minimum absolute atomic E-state index is 0. The van der Waals surface area contributed by atoms with Crippen molar-refractivity contribution in [2.75, 3.05) is 45.8 Å². The van der Waals surface area contributed by atoms with Gasteiger partial charge >= 0.3 is 0 Å². The summed E-state index contributed by atoms with van der Waals surface area (Å²) >= 11 is 0. The van der Waals surface area contributed by atoms with Gasteiger partial charge in [-0.05, 0) is 39.2 Å². The molecule has 0 bridgehead atoms. The number of aliphatic imine (C=N–C) groups is 1. The number of carbonyl (C=O) groups is 1. The Balaban J connectivity index is 0.00000300. The summed E-state index contributed by atoms with van der Waals surface area (Å²) in [6.07, 6.45) is 2.30. The molecule has 162 valence electrons. The first-order valence-corrected chi connectivity index (χ1v) is 10.7. The number of aryl methyl sites for hydroxylation is 1. The van der Waals surface area contributed by atoms with Crippen molar-refractivity contribution in [1.29, 1.82) is 0 Å². The lowest BCUT2D eigenvalue weighted by Crippen LogP contribution is -2.57. The molecule has 7 heteroatoms. The molecule has 1 amide bonds. The normalized spacial score (nSPS) is 19.1. The molecule has 0 spiro atoms. The summed E-state index contributed by atoms with van der Waals surface area (Å²) in [6, 6.07) is 8.54. The lowest BCUT2D eigenvalue weighted by molar-refractivity contribution is -0.135. The van der Waals surface area contributed by atoms with Crippen LogP contribution in [0.5, 0.6) is 0 Å². The molecule has 1 unspecified atom stereocenters. The van der Waals surface area contributed by atoms with Crippen LogP contribution >= 0.6 is 24.0 Å². The third kappa shape index (κ3) is 6.57. The van der Waals surface area contributed by atoms with E-state index in [9.17, 15) is 4.79 Å². The Morgan fingerprint density at radius 2 is 1.66 bits per heavy atom. The highest BCUT2D eigenvalue weighted by atomic mass is 127. The molecule has 0 aromatic heterocycles. The molecule has 2 aliphatic rings. The number of carbonyl (C=O) groups excluding carboxylic acids is 1. The Morgan fingerprint density at radius 3 is 2.24 bits per heavy atom. The predicted molar refractivity (Wildman–Crippen MR) is 130 cm³/mol. The highest BCUT2D eigenvalue weighted by Crippen LogP contribution is 2.14. The van der Waals surface area contributed by atoms with Crippen molar-refractivity contribution >= 4 is 35.8 Å². The quantitative estimate of drug-likeness (QED) is 0.374. The number of likely N-dealkylation sites (tertiary alicyclic amines) is 1. The molecule has 2 fully saturated rings. The molecule has 6 nitrogen and oxygen atoms in total. The largest absolute Gasteiger partial charge is 0.357 e. The molecule has 0 aliphatic carbocycles. The van der Waals surface area contributed by atoms with E-state index in [0.29, 0.717) is 12.5 Å². The Hall–Kier alpha value is -1.35. The monoisotopic (exact) mass is 513 g/mol. The molecule has 0 radical (unpaired) electrons. The van der Waals surface area contributed by atoms with Crippen LogP contribution in [0, 0.1) is 6.92 Å². The SMILES string of the molecule is CCNC(=NCc1ccc(C)cc1)N1CCN(C(C)C(=O)N2CCCC2)CC1.I. The maximum Gasteiger partial charge on any atom is 0.239 e. The molecule has 2 aliphatic heterocycles. The number of nitrogens with zero attached hydrogens (tertiary/aromatic N) is 4. The van der Waals surface area contributed by atoms with E-state index in [1.54, 1.807) is 0 Å². The maximum absolute atomic E-state index is 12.7. The summed E-state index contributed by atoms with van der Waals surface area (Å²) in [4.78, 5) is 24.2. The summed E-state index contributed by atoms with van der Waals surface area (Å²) in [7, 11) is 0. The number of halogens is 1. The molecule has 2 heterocycles. The first-order valence-electron chi connectivity index (χ1n) is 10.7. The first kappa shape index (κ1) is 23.9. The average molecular weight is 513 g/mol. The fraction of sp³-hybridized carbons (Fsp3) is 0.636. The van der Waals surface area contributed by atoms with E-state index >= 15 is 0 Å². The van der Waals surface area contributed by atoms with Crippen LogP contribution in [0.1, 0.15) is 37.8 Å². The van der Waals surface area contributed by atoms with Crippen LogP contribution in [0.2, 0.25) is 0 Å². The van der Waals surface area contributed by atoms with Crippen molar-refractivity contribution in [3.05, 3.63) is 35.4 Å². The molecule has 0 saturated carbocycles. The van der Waals surface area contributed by atoms with Gasteiger partial charge in [-0.3, -0.25) is 9.69 Å². The molecule has 1 atom stereocenters. The summed E-state index contributed by atoms with van der Waals surface area (Å²) in [5.41, 5.74) is 2.50. The van der Waals surface area contributed by atoms with Crippen LogP contribution in [0.15, 0.2) is 29.3 Å². The van der Waals surface area contributed by atoms with Gasteiger partial charge in [-0.1, -0.05) is 29.8 Å². The third-order valence-electron chi connectivity index (χ3n) is 5.80. The van der Waals surface area contributed by atoms with Gasteiger partial charge in [0.2, 0.25) is 5.91 Å². The van der Waals surface area contributed by atoms with Crippen molar-refractivity contribution in [2.45, 2.75) is 46.2 Å². The molecular formula is C22H36IN5O. The number of nitrogens with one attached hydrogen (secondary N) is 1. The molecular weight excluding hydrogens is 477 g/mol. The second-order valence-corrected chi connectivity index (χ2v) is 7.89. The zero-order valence-electron chi connectivity index (χ0n) is 18.1. The Bertz CT molecular complexity index is 664. The summed E-state index contributed by atoms with van der Waals surface area (Å²) in [6.45, 7) is 13.3. The van der Waals surface area contributed by atoms with E-state index in [1.807, 2.05) is 4.90 Å². The molecule has 1 aromatic rings. The van der Waals surface area contributed by atoms with Crippen molar-refractivity contribution in [2.24, 2.45) is 4.99 Å². The highest BCUT2D eigenvalue weighted by Gasteiger charge is 2.30. The zero-order valence-corrected chi connectivity index (χ0v) is 20.4. The van der Waals surface area contributed by atoms with E-state index in [-0.39, 0.29) is 30.0 Å². The fourth-order valence-corrected chi connectivity index (χ4v) is 3.96. The van der Waals surface area contributed by atoms with E-state index in [4.69, 9.17) is 4.99 Å². The van der Waals surface area contributed by atoms with Crippen LogP contribution in [-0.4, -0.2) is 78.4 Å². The van der Waals surface area contributed by atoms with Crippen LogP contribution in [0.3, 0.4) is 0 Å². The van der Waals surface area contributed by atoms with E-state index in [2.05, 4.69) is 60.2 Å². The zero-order chi connectivity index (χ0) is 19.9. The van der Waals surface area contributed by atoms with Crippen LogP contribution < -0.4 is 5.32 Å². The van der Waals surface area contributed by atoms with Crippen molar-refractivity contribution < 1.29 is 4.79 Å². The smallest absolute Gasteiger partial charge is 0.239 e. The van der Waals surface area contributed by atoms with Gasteiger partial charge in [-0.2, -0.15) is 0 Å². The van der Waals surface area contributed by atoms with Gasteiger partial charge in [-0.25, -0.2) is 4.99 Å². The number of guanidine groups is 1. The second-order valence-electron chi connectivity index (χ2n) is 7.89. The van der Waals surface area contributed by atoms with E-state index in [1.165, 1.54) is 11.1 Å². The molecule has 2 saturated heterocycles. The van der Waals surface area contributed by atoms with Crippen molar-refractivity contribution in [1.82, 2.24) is 20.0 Å². The van der Waals surface area contributed by atoms with Gasteiger partial charge in [0.25, 0.3) is 0 Å². The van der Waals surface area contributed by atoms with Gasteiger partial charge < -0.3 is 15.1 Å². The van der Waals surface area contributed by atoms with Gasteiger partial charge in [-0.15, -0.1) is 24.0 Å². The Kier molecular flexibility index (Phi) is 9.68. The number of rotatable bonds is 5. The van der Waals surface area contributed by atoms with Gasteiger partial charge in [0.15, 0.2) is 5.96 Å². The predicted octanol–water partition coefficient (Wildman–Crippen LogP) is 2.71. The van der Waals surface area contributed by atoms with E-state index in [0.717, 1.165) is 64.6 Å². The van der Waals surface area contributed by atoms with Crippen LogP contribution in [0.25, 0.3) is 0 Å². The summed E-state index contributed by atoms with van der Waals surface area (Å²) in [5.74, 6) is 1.27. The topological polar surface area (TPSA) is 51.2 Å². The van der Waals surface area contributed by atoms with Gasteiger partial charge in [0.05, 0.1) is 12.6 Å². The average Bonchev–Trinajstić information content (AvgIpc) is 3.26. The van der Waals surface area contributed by atoms with Crippen LogP contribution in [-0.2, 0) is 11.3 Å². The molecule has 3 rings (SSSR count). The number of amides is 1. The standard InChI is InChI=1S/C22H35N5O.HI/c1-4-23-22(24-17-20-9-7-18(2)8-10-20)27-15-13-25(14-16-27)19(3)21(28)26-11-5-6-12-26;/h7-10,19H,4-6,11-17H2,1-3H3,(H,23,24);1H. The second kappa shape index (κ2) is 11.7. The lowest BCUT2D eigenvalue weighted by Gasteiger charge is -2.39. The summed E-state index contributed by atoms with van der Waals surface area (Å²) < 4.78 is 0. The molecule has 1 N–H and O–H groups in total. The Labute approximate surface area is 192 Å². The Morgan fingerprint density at radius 1 is 1.03 bits per heavy atom. The fourth-order valence-electron chi connectivity index (χ4n) is 3.96. The van der Waals surface area contributed by atoms with Gasteiger partial charge in [0.1, 0.15) is 0 Å². The first-order chi connectivity index (χ1) is 13.6. The van der Waals surface area contributed by atoms with E-state index < -0.39 is 0 Å². The van der Waals surface area contributed by atoms with Crippen LogP contribution in [0.4, 0.5) is 0 Å². The number of piperazine rings is 1. The van der Waals surface area contributed by atoms with Crippen molar-refractivity contribution in [3.63, 3.8) is 0 Å². The lowest BCUT2D eigenvalue weighted by atomic mass is 10.1. The maximum atomic E-state index is 12.7. The third-order valence-corrected chi connectivity index (χ3v) is 5.80. The minimum atomic E-state index is -0.0210. The number of hydrogen-bond acceptors (Lipinski definition) is 3. The number of benzene rings is 1. The summed E-state index contributed by atoms with van der Waals surface area (Å²) in [5, 5.41) is 3.43. The molecule has 29 heavy (non-hydrogen) atoms. The minimum Gasteiger partial charge on any atom is -0.357 e. The number of hydrogen-bond donors (Lipinski definition) is 1. The highest BCUT2D eigenvalue weighted by molar-refractivity contribution is 14.0. The van der Waals surface area contributed by atoms with Gasteiger partial charge in [0, 0.05) is 45.8 Å². The molecule has 1 aromatic carbocycles. The van der Waals surface area contributed by atoms with Crippen molar-refractivity contribution in [3.8, 4) is 0 Å².